The molecule has 0 radical (unpaired) electrons. The van der Waals surface area contributed by atoms with E-state index < -0.39 is 6.09 Å². The zero-order valence-corrected chi connectivity index (χ0v) is 25.3. The molecule has 4 aromatic rings. The number of hydrogen-bond acceptors (Lipinski definition) is 10. The molecule has 0 atom stereocenters. The number of amides is 2. The van der Waals surface area contributed by atoms with Crippen molar-refractivity contribution < 1.29 is 38.4 Å². The summed E-state index contributed by atoms with van der Waals surface area (Å²) in [6, 6.07) is 17.1. The largest absolute Gasteiger partial charge is 0.465 e. The number of nitrogens with one attached hydrogen (secondary N) is 3. The molecule has 0 aliphatic heterocycles. The van der Waals surface area contributed by atoms with E-state index in [0.29, 0.717) is 91.8 Å². The molecule has 46 heavy (non-hydrogen) atoms. The molecule has 13 nitrogen and oxygen atoms in total. The number of carbonyl (C=O) groups is 2. The van der Waals surface area contributed by atoms with Crippen molar-refractivity contribution in [3.63, 3.8) is 0 Å². The van der Waals surface area contributed by atoms with E-state index in [1.807, 2.05) is 12.1 Å². The van der Waals surface area contributed by atoms with Gasteiger partial charge in [-0.05, 0) is 30.3 Å². The van der Waals surface area contributed by atoms with Crippen LogP contribution in [0.25, 0.3) is 10.8 Å². The summed E-state index contributed by atoms with van der Waals surface area (Å²) in [5, 5.41) is 18.8. The minimum atomic E-state index is -1.16. The fourth-order valence-electron chi connectivity index (χ4n) is 4.22. The molecule has 1 aromatic heterocycles. The number of anilines is 3. The van der Waals surface area contributed by atoms with Gasteiger partial charge in [-0.2, -0.15) is 4.98 Å². The van der Waals surface area contributed by atoms with Crippen molar-refractivity contribution in [2.24, 2.45) is 0 Å². The van der Waals surface area contributed by atoms with E-state index in [-0.39, 0.29) is 17.7 Å². The van der Waals surface area contributed by atoms with Gasteiger partial charge in [0, 0.05) is 53.5 Å². The summed E-state index contributed by atoms with van der Waals surface area (Å²) in [7, 11) is 1.62. The van der Waals surface area contributed by atoms with Gasteiger partial charge in [-0.3, -0.25) is 10.1 Å². The Morgan fingerprint density at radius 1 is 0.891 bits per heavy atom. The topological polar surface area (TPSA) is 162 Å². The minimum absolute atomic E-state index is 0.212. The number of hydrogen-bond donors (Lipinski definition) is 4. The van der Waals surface area contributed by atoms with Crippen molar-refractivity contribution in [3.05, 3.63) is 78.0 Å². The Kier molecular flexibility index (Phi) is 13.1. The fraction of sp³-hybridized carbons (Fsp3) is 0.273. The van der Waals surface area contributed by atoms with Gasteiger partial charge in [-0.15, -0.1) is 6.42 Å². The van der Waals surface area contributed by atoms with E-state index in [0.717, 1.165) is 0 Å². The van der Waals surface area contributed by atoms with E-state index in [2.05, 4.69) is 31.8 Å². The Morgan fingerprint density at radius 3 is 2.33 bits per heavy atom. The summed E-state index contributed by atoms with van der Waals surface area (Å²) in [6.07, 6.45) is 6.01. The molecular weight excluding hydrogens is 594 g/mol. The highest BCUT2D eigenvalue weighted by Crippen LogP contribution is 2.34. The summed E-state index contributed by atoms with van der Waals surface area (Å²) >= 11 is 0. The van der Waals surface area contributed by atoms with Crippen molar-refractivity contribution in [1.82, 2.24) is 15.3 Å². The van der Waals surface area contributed by atoms with Gasteiger partial charge >= 0.3 is 6.09 Å². The monoisotopic (exact) mass is 629 g/mol. The van der Waals surface area contributed by atoms with Crippen LogP contribution in [0.1, 0.15) is 15.9 Å². The third kappa shape index (κ3) is 10.4. The third-order valence-corrected chi connectivity index (χ3v) is 6.30. The lowest BCUT2D eigenvalue weighted by Gasteiger charge is -2.13. The Labute approximate surface area is 266 Å². The van der Waals surface area contributed by atoms with E-state index in [1.54, 1.807) is 55.6 Å². The number of rotatable bonds is 18. The van der Waals surface area contributed by atoms with Gasteiger partial charge in [-0.25, -0.2) is 9.78 Å². The maximum absolute atomic E-state index is 12.8. The van der Waals surface area contributed by atoms with Crippen LogP contribution in [-0.2, 0) is 18.9 Å². The van der Waals surface area contributed by atoms with Crippen molar-refractivity contribution in [1.29, 1.82) is 0 Å². The normalized spacial score (nSPS) is 10.7. The maximum Gasteiger partial charge on any atom is 0.409 e. The van der Waals surface area contributed by atoms with E-state index in [9.17, 15) is 9.59 Å². The first kappa shape index (κ1) is 33.6. The molecule has 0 saturated heterocycles. The lowest BCUT2D eigenvalue weighted by molar-refractivity contribution is 0.00415. The molecule has 0 unspecified atom stereocenters. The number of fused-ring (bicyclic) bond motifs is 1. The van der Waals surface area contributed by atoms with Crippen LogP contribution in [0.15, 0.2) is 66.9 Å². The molecule has 240 valence electrons. The predicted octanol–water partition coefficient (Wildman–Crippen LogP) is 4.66. The number of ether oxygens (including phenoxy) is 5. The van der Waals surface area contributed by atoms with Crippen molar-refractivity contribution in [3.8, 4) is 24.0 Å². The van der Waals surface area contributed by atoms with Gasteiger partial charge in [0.1, 0.15) is 5.75 Å². The highest BCUT2D eigenvalue weighted by molar-refractivity contribution is 6.02. The first-order valence-corrected chi connectivity index (χ1v) is 14.4. The van der Waals surface area contributed by atoms with Crippen molar-refractivity contribution in [2.75, 3.05) is 70.5 Å². The number of carbonyl (C=O) groups excluding carboxylic acids is 1. The molecule has 4 N–H and O–H groups in total. The first-order valence-electron chi connectivity index (χ1n) is 14.4. The van der Waals surface area contributed by atoms with Crippen LogP contribution in [0.5, 0.6) is 11.6 Å². The Bertz CT molecular complexity index is 1660. The molecule has 0 spiro atoms. The second kappa shape index (κ2) is 17.9. The molecule has 0 saturated carbocycles. The van der Waals surface area contributed by atoms with Gasteiger partial charge in [0.05, 0.1) is 51.9 Å². The lowest BCUT2D eigenvalue weighted by atomic mass is 10.1. The van der Waals surface area contributed by atoms with Gasteiger partial charge in [-0.1, -0.05) is 30.2 Å². The second-order valence-electron chi connectivity index (χ2n) is 9.56. The zero-order chi connectivity index (χ0) is 32.6. The summed E-state index contributed by atoms with van der Waals surface area (Å²) in [4.78, 5) is 32.7. The van der Waals surface area contributed by atoms with Crippen molar-refractivity contribution >= 4 is 40.1 Å². The van der Waals surface area contributed by atoms with E-state index >= 15 is 0 Å². The Morgan fingerprint density at radius 2 is 1.61 bits per heavy atom. The molecule has 2 amide bonds. The SMILES string of the molecule is C#Cc1cc(Nc2nccc(Oc3ccc(NC(=O)O)c4ccccc34)n2)cc(C(=O)NCCOCCOCCOCCOC)c1. The van der Waals surface area contributed by atoms with Crippen LogP contribution < -0.4 is 20.7 Å². The molecule has 0 bridgehead atoms. The van der Waals surface area contributed by atoms with Crippen molar-refractivity contribution in [2.45, 2.75) is 0 Å². The summed E-state index contributed by atoms with van der Waals surface area (Å²) < 4.78 is 27.2. The van der Waals surface area contributed by atoms with E-state index in [1.165, 1.54) is 6.20 Å². The van der Waals surface area contributed by atoms with Gasteiger partial charge in [0.2, 0.25) is 11.8 Å². The third-order valence-electron chi connectivity index (χ3n) is 6.30. The summed E-state index contributed by atoms with van der Waals surface area (Å²) in [5.41, 5.74) is 1.78. The van der Waals surface area contributed by atoms with Crippen LogP contribution in [0.4, 0.5) is 22.1 Å². The molecule has 3 aromatic carbocycles. The average molecular weight is 630 g/mol. The second-order valence-corrected chi connectivity index (χ2v) is 9.56. The molecule has 0 fully saturated rings. The zero-order valence-electron chi connectivity index (χ0n) is 25.3. The van der Waals surface area contributed by atoms with Crippen LogP contribution in [0.3, 0.4) is 0 Å². The summed E-state index contributed by atoms with van der Waals surface area (Å²) in [6.45, 7) is 3.44. The molecule has 0 aliphatic rings. The quantitative estimate of drug-likeness (QED) is 0.0894. The number of terminal acetylenes is 1. The van der Waals surface area contributed by atoms with Crippen LogP contribution in [0, 0.1) is 12.3 Å². The van der Waals surface area contributed by atoms with Crippen LogP contribution in [-0.4, -0.2) is 87.0 Å². The average Bonchev–Trinajstić information content (AvgIpc) is 3.06. The molecule has 0 aliphatic carbocycles. The highest BCUT2D eigenvalue weighted by Gasteiger charge is 2.12. The van der Waals surface area contributed by atoms with Crippen LogP contribution >= 0.6 is 0 Å². The number of nitrogens with zero attached hydrogens (tertiary/aromatic N) is 2. The Hall–Kier alpha value is -5.26. The smallest absolute Gasteiger partial charge is 0.409 e. The van der Waals surface area contributed by atoms with Gasteiger partial charge in [0.15, 0.2) is 0 Å². The standard InChI is InChI=1S/C33H35N5O8/c1-3-23-20-24(31(39)34-12-13-43-16-17-45-19-18-44-15-14-42-2)22-25(21-23)36-32-35-11-10-30(38-32)46-29-9-8-28(37-33(40)41)26-6-4-5-7-27(26)29/h1,4-11,20-22,37H,12-19H2,2H3,(H,34,39)(H,40,41)(H,35,36,38). The predicted molar refractivity (Wildman–Crippen MR) is 172 cm³/mol. The number of benzene rings is 3. The maximum atomic E-state index is 12.8. The molecule has 1 heterocycles. The first-order chi connectivity index (χ1) is 22.5. The summed E-state index contributed by atoms with van der Waals surface area (Å²) in [5.74, 6) is 3.17. The lowest BCUT2D eigenvalue weighted by Crippen LogP contribution is -2.27. The van der Waals surface area contributed by atoms with E-state index in [4.69, 9.17) is 35.2 Å². The Balaban J connectivity index is 1.31. The molecule has 13 heteroatoms. The molecule has 4 rings (SSSR count). The van der Waals surface area contributed by atoms with Gasteiger partial charge in [0.25, 0.3) is 5.91 Å². The highest BCUT2D eigenvalue weighted by atomic mass is 16.6. The van der Waals surface area contributed by atoms with Crippen LogP contribution in [0.2, 0.25) is 0 Å². The minimum Gasteiger partial charge on any atom is -0.465 e. The number of carboxylic acid groups (broad SMARTS) is 1. The number of methoxy groups -OCH3 is 1. The number of aromatic nitrogens is 2. The molecular formula is C33H35N5O8. The fourth-order valence-corrected chi connectivity index (χ4v) is 4.22. The van der Waals surface area contributed by atoms with Gasteiger partial charge < -0.3 is 39.4 Å².